The Morgan fingerprint density at radius 1 is 0.739 bits per heavy atom. The Hall–Kier alpha value is 2.15. The molecule has 0 heterocycles. The van der Waals surface area contributed by atoms with E-state index in [0.717, 1.165) is 0 Å². The molecular formula is C9H25O7P3S4. The minimum atomic E-state index is -2.62. The first-order valence-electron chi connectivity index (χ1n) is 6.62. The Labute approximate surface area is 158 Å². The first-order valence-corrected chi connectivity index (χ1v) is 16.3. The fourth-order valence-corrected chi connectivity index (χ4v) is 13.7. The maximum atomic E-state index is 7.23. The zero-order valence-corrected chi connectivity index (χ0v) is 19.4. The Bertz CT molecular complexity index is 322. The molecule has 0 unspecified atom stereocenters. The predicted molar refractivity (Wildman–Crippen MR) is 109 cm³/mol. The van der Waals surface area contributed by atoms with Crippen molar-refractivity contribution in [2.75, 3.05) is 31.5 Å². The molecule has 142 valence electrons. The lowest BCUT2D eigenvalue weighted by Crippen LogP contribution is -1.94. The van der Waals surface area contributed by atoms with Crippen molar-refractivity contribution in [1.29, 1.82) is 0 Å². The molecule has 23 heavy (non-hydrogen) atoms. The van der Waals surface area contributed by atoms with E-state index in [-0.39, 0.29) is 0 Å². The van der Waals surface area contributed by atoms with Crippen molar-refractivity contribution in [1.82, 2.24) is 0 Å². The summed E-state index contributed by atoms with van der Waals surface area (Å²) in [7, 11) is -2.62. The molecule has 0 radical (unpaired) electrons. The SMILES string of the molecule is CCOP(=S)(OCC)SCSP(=S)(OCC)OCC.OP(O)O. The third-order valence-corrected chi connectivity index (χ3v) is 13.6. The van der Waals surface area contributed by atoms with E-state index in [9.17, 15) is 0 Å². The summed E-state index contributed by atoms with van der Waals surface area (Å²) in [5, 5.41) is 0.661. The molecule has 0 aromatic carbocycles. The van der Waals surface area contributed by atoms with Crippen LogP contribution in [0.15, 0.2) is 0 Å². The molecular weight excluding hydrogens is 441 g/mol. The van der Waals surface area contributed by atoms with Gasteiger partial charge in [0.2, 0.25) is 11.4 Å². The average Bonchev–Trinajstić information content (AvgIpc) is 2.38. The van der Waals surface area contributed by atoms with Gasteiger partial charge < -0.3 is 32.8 Å². The maximum absolute atomic E-state index is 7.23. The molecule has 3 N–H and O–H groups in total. The van der Waals surface area contributed by atoms with Gasteiger partial charge in [0.15, 0.2) is 0 Å². The van der Waals surface area contributed by atoms with Gasteiger partial charge in [-0.05, 0) is 51.3 Å². The summed E-state index contributed by atoms with van der Waals surface area (Å²) in [6.45, 7) is 9.88. The largest absolute Gasteiger partial charge is 0.328 e. The summed E-state index contributed by atoms with van der Waals surface area (Å²) in [4.78, 5) is 21.7. The third kappa shape index (κ3) is 17.3. The van der Waals surface area contributed by atoms with Gasteiger partial charge in [0, 0.05) is 0 Å². The molecule has 0 spiro atoms. The predicted octanol–water partition coefficient (Wildman–Crippen LogP) is 4.20. The highest BCUT2D eigenvalue weighted by atomic mass is 32.9. The standard InChI is InChI=1S/C9H22O4P2S4.H3O3P/c1-5-10-14(16,11-6-2)18-9-19-15(17,12-7-3)13-8-4;1-4(2)3/h5-9H2,1-4H3;1-3H. The van der Waals surface area contributed by atoms with Gasteiger partial charge in [0.1, 0.15) is 0 Å². The molecule has 7 nitrogen and oxygen atoms in total. The Kier molecular flexibility index (Phi) is 19.4. The minimum Gasteiger partial charge on any atom is -0.328 e. The smallest absolute Gasteiger partial charge is 0.324 e. The molecule has 0 saturated carbocycles. The van der Waals surface area contributed by atoms with Crippen LogP contribution in [0, 0.1) is 0 Å². The average molecular weight is 466 g/mol. The van der Waals surface area contributed by atoms with Gasteiger partial charge in [-0.1, -0.05) is 22.8 Å². The summed E-state index contributed by atoms with van der Waals surface area (Å²) < 4.78 is 22.2. The molecule has 0 rings (SSSR count). The molecule has 0 aliphatic carbocycles. The summed E-state index contributed by atoms with van der Waals surface area (Å²) in [6.07, 6.45) is 0. The molecule has 0 saturated heterocycles. The van der Waals surface area contributed by atoms with Gasteiger partial charge in [-0.3, -0.25) is 0 Å². The van der Waals surface area contributed by atoms with Gasteiger partial charge in [-0.15, -0.1) is 0 Å². The zero-order valence-electron chi connectivity index (χ0n) is 13.5. The molecule has 0 aromatic rings. The minimum absolute atomic E-state index is 0.556. The van der Waals surface area contributed by atoms with Crippen LogP contribution in [0.25, 0.3) is 0 Å². The van der Waals surface area contributed by atoms with Gasteiger partial charge in [-0.2, -0.15) is 0 Å². The molecule has 0 aliphatic heterocycles. The number of hydrogen-bond acceptors (Lipinski definition) is 11. The van der Waals surface area contributed by atoms with Crippen LogP contribution in [-0.2, 0) is 41.7 Å². The highest BCUT2D eigenvalue weighted by Crippen LogP contribution is 2.67. The van der Waals surface area contributed by atoms with Crippen LogP contribution in [0.4, 0.5) is 0 Å². The van der Waals surface area contributed by atoms with Crippen LogP contribution < -0.4 is 0 Å². The third-order valence-electron chi connectivity index (χ3n) is 1.57. The van der Waals surface area contributed by atoms with Crippen LogP contribution in [-0.4, -0.2) is 46.2 Å². The second kappa shape index (κ2) is 16.3. The lowest BCUT2D eigenvalue weighted by atomic mass is 10.9. The molecule has 0 bridgehead atoms. The lowest BCUT2D eigenvalue weighted by molar-refractivity contribution is 0.280. The molecule has 0 aliphatic rings. The summed E-state index contributed by atoms with van der Waals surface area (Å²) in [6, 6.07) is 0. The quantitative estimate of drug-likeness (QED) is 0.285. The van der Waals surface area contributed by atoms with Crippen molar-refractivity contribution in [3.8, 4) is 0 Å². The fourth-order valence-electron chi connectivity index (χ4n) is 1.01. The molecule has 14 heteroatoms. The van der Waals surface area contributed by atoms with E-state index in [1.807, 2.05) is 27.7 Å². The fraction of sp³-hybridized carbons (Fsp3) is 1.00. The summed E-state index contributed by atoms with van der Waals surface area (Å²) >= 11 is 13.9. The molecule has 0 amide bonds. The molecule has 0 aromatic heterocycles. The monoisotopic (exact) mass is 466 g/mol. The van der Waals surface area contributed by atoms with E-state index < -0.39 is 20.0 Å². The van der Waals surface area contributed by atoms with E-state index in [4.69, 9.17) is 56.4 Å². The summed E-state index contributed by atoms with van der Waals surface area (Å²) in [5.74, 6) is 0. The van der Waals surface area contributed by atoms with E-state index >= 15 is 0 Å². The highest BCUT2D eigenvalue weighted by Gasteiger charge is 2.23. The van der Waals surface area contributed by atoms with Gasteiger partial charge >= 0.3 is 8.60 Å². The van der Waals surface area contributed by atoms with E-state index in [1.54, 1.807) is 0 Å². The summed E-state index contributed by atoms with van der Waals surface area (Å²) in [5.41, 5.74) is -4.51. The van der Waals surface area contributed by atoms with Crippen molar-refractivity contribution in [2.45, 2.75) is 27.7 Å². The molecule has 0 atom stereocenters. The Morgan fingerprint density at radius 2 is 0.957 bits per heavy atom. The Morgan fingerprint density at radius 3 is 1.13 bits per heavy atom. The van der Waals surface area contributed by atoms with Crippen molar-refractivity contribution in [3.63, 3.8) is 0 Å². The van der Waals surface area contributed by atoms with Crippen LogP contribution in [0.2, 0.25) is 0 Å². The lowest BCUT2D eigenvalue weighted by Gasteiger charge is -2.23. The van der Waals surface area contributed by atoms with Crippen molar-refractivity contribution in [2.24, 2.45) is 0 Å². The van der Waals surface area contributed by atoms with Gasteiger partial charge in [-0.25, -0.2) is 0 Å². The molecule has 0 fully saturated rings. The highest BCUT2D eigenvalue weighted by molar-refractivity contribution is 8.76. The van der Waals surface area contributed by atoms with E-state index in [0.29, 0.717) is 31.5 Å². The normalized spacial score (nSPS) is 12.2. The van der Waals surface area contributed by atoms with Crippen LogP contribution in [0.1, 0.15) is 27.7 Å². The number of hydrogen-bond donors (Lipinski definition) is 3. The van der Waals surface area contributed by atoms with Crippen molar-refractivity contribution < 1.29 is 32.8 Å². The van der Waals surface area contributed by atoms with Crippen molar-refractivity contribution >= 4 is 66.4 Å². The second-order valence-electron chi connectivity index (χ2n) is 3.21. The first-order chi connectivity index (χ1) is 10.7. The van der Waals surface area contributed by atoms with Crippen LogP contribution in [0.5, 0.6) is 0 Å². The van der Waals surface area contributed by atoms with E-state index in [2.05, 4.69) is 0 Å². The van der Waals surface area contributed by atoms with E-state index in [1.165, 1.54) is 22.8 Å². The maximum Gasteiger partial charge on any atom is 0.324 e. The van der Waals surface area contributed by atoms with Gasteiger partial charge in [0.05, 0.1) is 31.5 Å². The Balaban J connectivity index is 0. The van der Waals surface area contributed by atoms with Crippen LogP contribution >= 0.6 is 42.8 Å². The van der Waals surface area contributed by atoms with Crippen LogP contribution in [0.3, 0.4) is 0 Å². The second-order valence-corrected chi connectivity index (χ2v) is 16.7. The van der Waals surface area contributed by atoms with Gasteiger partial charge in [0.25, 0.3) is 0 Å². The number of rotatable bonds is 12. The zero-order chi connectivity index (χ0) is 18.4. The van der Waals surface area contributed by atoms with Crippen molar-refractivity contribution in [3.05, 3.63) is 0 Å². The topological polar surface area (TPSA) is 97.6 Å². The first kappa shape index (κ1) is 27.4.